The van der Waals surface area contributed by atoms with Gasteiger partial charge in [0.1, 0.15) is 0 Å². The highest BCUT2D eigenvalue weighted by Crippen LogP contribution is 2.18. The molecule has 0 unspecified atom stereocenters. The van der Waals surface area contributed by atoms with Crippen LogP contribution in [0, 0.1) is 0 Å². The van der Waals surface area contributed by atoms with E-state index in [0.717, 1.165) is 39.3 Å². The maximum atomic E-state index is 5.33. The molecule has 1 aliphatic rings. The highest BCUT2D eigenvalue weighted by atomic mass is 32.1. The molecule has 3 heteroatoms. The van der Waals surface area contributed by atoms with Gasteiger partial charge in [0.25, 0.3) is 0 Å². The number of rotatable bonds is 3. The molecule has 0 aliphatic carbocycles. The molecule has 0 N–H and O–H groups in total. The summed E-state index contributed by atoms with van der Waals surface area (Å²) in [7, 11) is 0. The van der Waals surface area contributed by atoms with Crippen LogP contribution in [0.25, 0.3) is 0 Å². The fourth-order valence-corrected chi connectivity index (χ4v) is 2.68. The van der Waals surface area contributed by atoms with E-state index in [1.54, 1.807) is 0 Å². The van der Waals surface area contributed by atoms with Crippen molar-refractivity contribution in [2.75, 3.05) is 26.3 Å². The maximum absolute atomic E-state index is 5.33. The second-order valence-electron chi connectivity index (χ2n) is 3.61. The Morgan fingerprint density at radius 2 is 2.00 bits per heavy atom. The summed E-state index contributed by atoms with van der Waals surface area (Å²) in [6.07, 6.45) is 1.16. The third kappa shape index (κ3) is 2.56. The van der Waals surface area contributed by atoms with Gasteiger partial charge in [-0.25, -0.2) is 0 Å². The first-order chi connectivity index (χ1) is 6.88. The number of morpholine rings is 1. The van der Waals surface area contributed by atoms with Gasteiger partial charge >= 0.3 is 0 Å². The first-order valence-electron chi connectivity index (χ1n) is 5.26. The van der Waals surface area contributed by atoms with Gasteiger partial charge in [-0.1, -0.05) is 6.92 Å². The Morgan fingerprint density at radius 1 is 1.29 bits per heavy atom. The van der Waals surface area contributed by atoms with Gasteiger partial charge in [0.2, 0.25) is 0 Å². The fraction of sp³-hybridized carbons (Fsp3) is 0.636. The van der Waals surface area contributed by atoms with Crippen molar-refractivity contribution in [3.63, 3.8) is 0 Å². The summed E-state index contributed by atoms with van der Waals surface area (Å²) in [5.41, 5.74) is 0. The van der Waals surface area contributed by atoms with E-state index in [-0.39, 0.29) is 0 Å². The van der Waals surface area contributed by atoms with Crippen molar-refractivity contribution in [2.24, 2.45) is 0 Å². The molecule has 1 saturated heterocycles. The molecule has 1 aromatic heterocycles. The lowest BCUT2D eigenvalue weighted by atomic mass is 10.3. The zero-order valence-corrected chi connectivity index (χ0v) is 9.48. The Balaban J connectivity index is 1.89. The average Bonchev–Trinajstić information content (AvgIpc) is 2.67. The van der Waals surface area contributed by atoms with E-state index >= 15 is 0 Å². The molecular weight excluding hydrogens is 194 g/mol. The van der Waals surface area contributed by atoms with Crippen molar-refractivity contribution in [1.29, 1.82) is 0 Å². The number of ether oxygens (including phenoxy) is 1. The van der Waals surface area contributed by atoms with E-state index in [2.05, 4.69) is 24.0 Å². The Hall–Kier alpha value is -0.380. The third-order valence-electron chi connectivity index (χ3n) is 2.55. The van der Waals surface area contributed by atoms with Crippen LogP contribution in [-0.2, 0) is 17.7 Å². The topological polar surface area (TPSA) is 12.5 Å². The van der Waals surface area contributed by atoms with Gasteiger partial charge in [-0.3, -0.25) is 4.90 Å². The van der Waals surface area contributed by atoms with E-state index in [4.69, 9.17) is 4.74 Å². The lowest BCUT2D eigenvalue weighted by Crippen LogP contribution is -2.35. The van der Waals surface area contributed by atoms with E-state index < -0.39 is 0 Å². The maximum Gasteiger partial charge on any atom is 0.0594 e. The Kier molecular flexibility index (Phi) is 3.56. The average molecular weight is 211 g/mol. The molecule has 1 aromatic rings. The van der Waals surface area contributed by atoms with Gasteiger partial charge < -0.3 is 4.74 Å². The van der Waals surface area contributed by atoms with Gasteiger partial charge in [-0.15, -0.1) is 11.3 Å². The molecule has 0 atom stereocenters. The van der Waals surface area contributed by atoms with Crippen molar-refractivity contribution in [1.82, 2.24) is 4.90 Å². The van der Waals surface area contributed by atoms with Crippen molar-refractivity contribution in [3.05, 3.63) is 21.9 Å². The minimum Gasteiger partial charge on any atom is -0.379 e. The van der Waals surface area contributed by atoms with E-state index in [1.165, 1.54) is 9.75 Å². The smallest absolute Gasteiger partial charge is 0.0594 e. The zero-order chi connectivity index (χ0) is 9.80. The van der Waals surface area contributed by atoms with Gasteiger partial charge in [-0.2, -0.15) is 0 Å². The molecule has 78 valence electrons. The van der Waals surface area contributed by atoms with Crippen LogP contribution in [0.5, 0.6) is 0 Å². The number of aryl methyl sites for hydroxylation is 1. The normalized spacial score (nSPS) is 18.6. The fourth-order valence-electron chi connectivity index (χ4n) is 1.68. The quantitative estimate of drug-likeness (QED) is 0.759. The summed E-state index contributed by atoms with van der Waals surface area (Å²) >= 11 is 1.94. The molecule has 0 bridgehead atoms. The van der Waals surface area contributed by atoms with Crippen LogP contribution in [0.15, 0.2) is 12.1 Å². The molecule has 0 radical (unpaired) electrons. The SMILES string of the molecule is CCc1ccc(CN2CCOCC2)s1. The van der Waals surface area contributed by atoms with Crippen LogP contribution >= 0.6 is 11.3 Å². The largest absolute Gasteiger partial charge is 0.379 e. The number of hydrogen-bond acceptors (Lipinski definition) is 3. The van der Waals surface area contributed by atoms with Crippen LogP contribution < -0.4 is 0 Å². The van der Waals surface area contributed by atoms with Crippen molar-refractivity contribution in [2.45, 2.75) is 19.9 Å². The molecule has 1 aliphatic heterocycles. The van der Waals surface area contributed by atoms with Crippen LogP contribution in [0.3, 0.4) is 0 Å². The van der Waals surface area contributed by atoms with Gasteiger partial charge in [-0.05, 0) is 18.6 Å². The zero-order valence-electron chi connectivity index (χ0n) is 8.66. The van der Waals surface area contributed by atoms with Gasteiger partial charge in [0, 0.05) is 29.4 Å². The summed E-state index contributed by atoms with van der Waals surface area (Å²) in [4.78, 5) is 5.45. The molecule has 0 aromatic carbocycles. The highest BCUT2D eigenvalue weighted by Gasteiger charge is 2.11. The predicted molar refractivity (Wildman–Crippen MR) is 59.8 cm³/mol. The minimum absolute atomic E-state index is 0.895. The molecule has 2 nitrogen and oxygen atoms in total. The van der Waals surface area contributed by atoms with Crippen LogP contribution in [0.1, 0.15) is 16.7 Å². The lowest BCUT2D eigenvalue weighted by Gasteiger charge is -2.25. The molecular formula is C11H17NOS. The summed E-state index contributed by atoms with van der Waals surface area (Å²) in [6, 6.07) is 4.51. The number of hydrogen-bond donors (Lipinski definition) is 0. The van der Waals surface area contributed by atoms with Gasteiger partial charge in [0.15, 0.2) is 0 Å². The molecule has 0 spiro atoms. The molecule has 2 heterocycles. The predicted octanol–water partition coefficient (Wildman–Crippen LogP) is 2.14. The molecule has 1 fully saturated rings. The molecule has 0 saturated carbocycles. The Bertz CT molecular complexity index is 279. The third-order valence-corrected chi connectivity index (χ3v) is 3.76. The first kappa shape index (κ1) is 10.1. The van der Waals surface area contributed by atoms with Crippen molar-refractivity contribution < 1.29 is 4.74 Å². The molecule has 2 rings (SSSR count). The molecule has 0 amide bonds. The van der Waals surface area contributed by atoms with Crippen LogP contribution in [0.4, 0.5) is 0 Å². The van der Waals surface area contributed by atoms with Crippen molar-refractivity contribution >= 4 is 11.3 Å². The first-order valence-corrected chi connectivity index (χ1v) is 6.08. The number of thiophene rings is 1. The highest BCUT2D eigenvalue weighted by molar-refractivity contribution is 7.11. The lowest BCUT2D eigenvalue weighted by molar-refractivity contribution is 0.0346. The van der Waals surface area contributed by atoms with Crippen molar-refractivity contribution in [3.8, 4) is 0 Å². The Morgan fingerprint density at radius 3 is 2.64 bits per heavy atom. The second-order valence-corrected chi connectivity index (χ2v) is 4.86. The summed E-state index contributed by atoms with van der Waals surface area (Å²) in [6.45, 7) is 7.27. The number of nitrogens with zero attached hydrogens (tertiary/aromatic N) is 1. The minimum atomic E-state index is 0.895. The molecule has 14 heavy (non-hydrogen) atoms. The van der Waals surface area contributed by atoms with E-state index in [0.29, 0.717) is 0 Å². The summed E-state index contributed by atoms with van der Waals surface area (Å²) in [5, 5.41) is 0. The summed E-state index contributed by atoms with van der Waals surface area (Å²) < 4.78 is 5.33. The van der Waals surface area contributed by atoms with Crippen LogP contribution in [0.2, 0.25) is 0 Å². The standard InChI is InChI=1S/C11H17NOS/c1-2-10-3-4-11(14-10)9-12-5-7-13-8-6-12/h3-4H,2,5-9H2,1H3. The van der Waals surface area contributed by atoms with E-state index in [9.17, 15) is 0 Å². The van der Waals surface area contributed by atoms with Gasteiger partial charge in [0.05, 0.1) is 13.2 Å². The Labute approximate surface area is 89.5 Å². The summed E-state index contributed by atoms with van der Waals surface area (Å²) in [5.74, 6) is 0. The van der Waals surface area contributed by atoms with Crippen LogP contribution in [-0.4, -0.2) is 31.2 Å². The second kappa shape index (κ2) is 4.91. The monoisotopic (exact) mass is 211 g/mol. The van der Waals surface area contributed by atoms with E-state index in [1.807, 2.05) is 11.3 Å².